The first-order valence-electron chi connectivity index (χ1n) is 10.1. The Kier molecular flexibility index (Phi) is 6.30. The number of nitrogens with two attached hydrogens (primary N) is 1. The third-order valence-electron chi connectivity index (χ3n) is 6.70. The summed E-state index contributed by atoms with van der Waals surface area (Å²) in [6.07, 6.45) is 2.28. The Morgan fingerprint density at radius 2 is 1.68 bits per heavy atom. The van der Waals surface area contributed by atoms with E-state index in [4.69, 9.17) is 5.73 Å². The van der Waals surface area contributed by atoms with Crippen molar-refractivity contribution in [2.45, 2.75) is 69.8 Å². The average Bonchev–Trinajstić information content (AvgIpc) is 3.43. The topological polar surface area (TPSA) is 46.3 Å². The molecule has 0 aliphatic heterocycles. The number of rotatable bonds is 4. The molecule has 0 aromatic heterocycles. The highest BCUT2D eigenvalue weighted by molar-refractivity contribution is 5.85. The Hall–Kier alpha value is -1.27. The second kappa shape index (κ2) is 8.23. The van der Waals surface area contributed by atoms with Gasteiger partial charge in [0.25, 0.3) is 0 Å². The van der Waals surface area contributed by atoms with E-state index in [0.717, 1.165) is 44.6 Å². The Balaban J connectivity index is 0.00000225. The van der Waals surface area contributed by atoms with Crippen molar-refractivity contribution < 1.29 is 18.0 Å². The van der Waals surface area contributed by atoms with Crippen LogP contribution in [0.4, 0.5) is 13.2 Å². The van der Waals surface area contributed by atoms with Crippen LogP contribution < -0.4 is 5.73 Å². The zero-order valence-corrected chi connectivity index (χ0v) is 16.6. The summed E-state index contributed by atoms with van der Waals surface area (Å²) in [6, 6.07) is 5.90. The monoisotopic (exact) mass is 416 g/mol. The molecule has 2 bridgehead atoms. The summed E-state index contributed by atoms with van der Waals surface area (Å²) in [4.78, 5) is 15.0. The van der Waals surface area contributed by atoms with E-state index in [-0.39, 0.29) is 48.4 Å². The molecule has 3 saturated carbocycles. The second-order valence-corrected chi connectivity index (χ2v) is 8.55. The Morgan fingerprint density at radius 3 is 2.25 bits per heavy atom. The number of carbonyl (C=O) groups excluding carboxylic acids is 1. The van der Waals surface area contributed by atoms with E-state index >= 15 is 0 Å². The van der Waals surface area contributed by atoms with Gasteiger partial charge in [-0.1, -0.05) is 24.6 Å². The SMILES string of the molecule is Cl.NC1C2CCCC1CC(C(=O)N(Cc1ccccc1C(F)(F)F)C1CC1)C2. The summed E-state index contributed by atoms with van der Waals surface area (Å²) in [7, 11) is 0. The standard InChI is InChI=1S/C21H27F3N2O.ClH/c22-21(23,24)18-7-2-1-4-15(18)12-26(17-8-9-17)20(27)16-10-13-5-3-6-14(11-16)19(13)25;/h1-2,4,7,13-14,16-17,19H,3,5-6,8-12,25H2;1H. The van der Waals surface area contributed by atoms with Crippen molar-refractivity contribution in [2.75, 3.05) is 0 Å². The molecule has 1 aromatic carbocycles. The van der Waals surface area contributed by atoms with Crippen molar-refractivity contribution in [2.24, 2.45) is 23.5 Å². The lowest BCUT2D eigenvalue weighted by atomic mass is 9.65. The van der Waals surface area contributed by atoms with Crippen molar-refractivity contribution in [3.05, 3.63) is 35.4 Å². The first kappa shape index (κ1) is 21.4. The minimum absolute atomic E-state index is 0. The van der Waals surface area contributed by atoms with Crippen molar-refractivity contribution in [1.82, 2.24) is 4.90 Å². The van der Waals surface area contributed by atoms with Crippen LogP contribution in [-0.4, -0.2) is 22.9 Å². The summed E-state index contributed by atoms with van der Waals surface area (Å²) < 4.78 is 40.1. The number of fused-ring (bicyclic) bond motifs is 2. The van der Waals surface area contributed by atoms with Crippen LogP contribution in [0.2, 0.25) is 0 Å². The quantitative estimate of drug-likeness (QED) is 0.768. The minimum Gasteiger partial charge on any atom is -0.335 e. The molecule has 0 saturated heterocycles. The van der Waals surface area contributed by atoms with Crippen LogP contribution in [0.3, 0.4) is 0 Å². The Bertz CT molecular complexity index is 693. The molecule has 1 aromatic rings. The largest absolute Gasteiger partial charge is 0.416 e. The van der Waals surface area contributed by atoms with Gasteiger partial charge in [-0.2, -0.15) is 13.2 Å². The van der Waals surface area contributed by atoms with E-state index in [1.54, 1.807) is 11.0 Å². The van der Waals surface area contributed by atoms with Gasteiger partial charge < -0.3 is 10.6 Å². The predicted octanol–water partition coefficient (Wildman–Crippen LogP) is 4.77. The van der Waals surface area contributed by atoms with Gasteiger partial charge in [-0.25, -0.2) is 0 Å². The van der Waals surface area contributed by atoms with Crippen molar-refractivity contribution in [1.29, 1.82) is 0 Å². The highest BCUT2D eigenvalue weighted by Gasteiger charge is 2.44. The number of halogens is 4. The van der Waals surface area contributed by atoms with Crippen molar-refractivity contribution in [3.8, 4) is 0 Å². The third kappa shape index (κ3) is 4.33. The predicted molar refractivity (Wildman–Crippen MR) is 104 cm³/mol. The number of alkyl halides is 3. The number of amides is 1. The van der Waals surface area contributed by atoms with Gasteiger partial charge in [0.05, 0.1) is 5.56 Å². The van der Waals surface area contributed by atoms with Gasteiger partial charge in [0.15, 0.2) is 0 Å². The second-order valence-electron chi connectivity index (χ2n) is 8.55. The smallest absolute Gasteiger partial charge is 0.335 e. The summed E-state index contributed by atoms with van der Waals surface area (Å²) in [5.41, 5.74) is 5.90. The van der Waals surface area contributed by atoms with Gasteiger partial charge in [0.2, 0.25) is 5.91 Å². The molecular formula is C21H28ClF3N2O. The first-order valence-corrected chi connectivity index (χ1v) is 10.1. The van der Waals surface area contributed by atoms with Crippen LogP contribution in [-0.2, 0) is 17.5 Å². The average molecular weight is 417 g/mol. The summed E-state index contributed by atoms with van der Waals surface area (Å²) in [6.45, 7) is 0.0526. The number of hydrogen-bond donors (Lipinski definition) is 1. The fourth-order valence-electron chi connectivity index (χ4n) is 5.12. The van der Waals surface area contributed by atoms with Crippen LogP contribution in [0.15, 0.2) is 24.3 Å². The molecule has 0 spiro atoms. The summed E-state index contributed by atoms with van der Waals surface area (Å²) >= 11 is 0. The number of carbonyl (C=O) groups is 1. The number of nitrogens with zero attached hydrogens (tertiary/aromatic N) is 1. The third-order valence-corrected chi connectivity index (χ3v) is 6.70. The molecule has 3 fully saturated rings. The van der Waals surface area contributed by atoms with E-state index in [1.807, 2.05) is 0 Å². The summed E-state index contributed by atoms with van der Waals surface area (Å²) in [5.74, 6) is 0.724. The molecule has 28 heavy (non-hydrogen) atoms. The van der Waals surface area contributed by atoms with Crippen molar-refractivity contribution >= 4 is 18.3 Å². The van der Waals surface area contributed by atoms with E-state index in [0.29, 0.717) is 11.8 Å². The molecule has 0 heterocycles. The molecule has 3 aliphatic carbocycles. The van der Waals surface area contributed by atoms with Crippen LogP contribution in [0.1, 0.15) is 56.1 Å². The fraction of sp³-hybridized carbons (Fsp3) is 0.667. The van der Waals surface area contributed by atoms with Crippen LogP contribution >= 0.6 is 12.4 Å². The molecular weight excluding hydrogens is 389 g/mol. The molecule has 0 radical (unpaired) electrons. The van der Waals surface area contributed by atoms with Gasteiger partial charge in [0.1, 0.15) is 0 Å². The molecule has 156 valence electrons. The fourth-order valence-corrected chi connectivity index (χ4v) is 5.12. The van der Waals surface area contributed by atoms with Crippen LogP contribution in [0.25, 0.3) is 0 Å². The Morgan fingerprint density at radius 1 is 1.07 bits per heavy atom. The molecule has 3 nitrogen and oxygen atoms in total. The number of hydrogen-bond acceptors (Lipinski definition) is 2. The number of benzene rings is 1. The highest BCUT2D eigenvalue weighted by atomic mass is 35.5. The van der Waals surface area contributed by atoms with E-state index in [9.17, 15) is 18.0 Å². The van der Waals surface area contributed by atoms with Gasteiger partial charge in [-0.05, 0) is 62.0 Å². The molecule has 7 heteroatoms. The maximum Gasteiger partial charge on any atom is 0.416 e. The van der Waals surface area contributed by atoms with Gasteiger partial charge in [0, 0.05) is 24.5 Å². The van der Waals surface area contributed by atoms with E-state index in [1.165, 1.54) is 18.6 Å². The molecule has 1 amide bonds. The molecule has 4 rings (SSSR count). The van der Waals surface area contributed by atoms with E-state index in [2.05, 4.69) is 0 Å². The summed E-state index contributed by atoms with van der Waals surface area (Å²) in [5, 5.41) is 0. The molecule has 3 aliphatic rings. The zero-order chi connectivity index (χ0) is 19.2. The lowest BCUT2D eigenvalue weighted by Gasteiger charge is -2.44. The maximum absolute atomic E-state index is 13.4. The Labute approximate surface area is 170 Å². The zero-order valence-electron chi connectivity index (χ0n) is 15.8. The van der Waals surface area contributed by atoms with Crippen LogP contribution in [0.5, 0.6) is 0 Å². The van der Waals surface area contributed by atoms with Gasteiger partial charge >= 0.3 is 6.18 Å². The molecule has 2 unspecified atom stereocenters. The lowest BCUT2D eigenvalue weighted by Crippen LogP contribution is -2.50. The first-order chi connectivity index (χ1) is 12.8. The molecule has 2 N–H and O–H groups in total. The van der Waals surface area contributed by atoms with Gasteiger partial charge in [-0.3, -0.25) is 4.79 Å². The van der Waals surface area contributed by atoms with E-state index < -0.39 is 11.7 Å². The lowest BCUT2D eigenvalue weighted by molar-refractivity contribution is -0.143. The van der Waals surface area contributed by atoms with Crippen LogP contribution in [0, 0.1) is 17.8 Å². The minimum atomic E-state index is -4.40. The van der Waals surface area contributed by atoms with Gasteiger partial charge in [-0.15, -0.1) is 12.4 Å². The highest BCUT2D eigenvalue weighted by Crippen LogP contribution is 2.44. The maximum atomic E-state index is 13.4. The molecule has 2 atom stereocenters. The normalized spacial score (nSPS) is 29.7. The van der Waals surface area contributed by atoms with Crippen molar-refractivity contribution in [3.63, 3.8) is 0 Å².